The highest BCUT2D eigenvalue weighted by Crippen LogP contribution is 2.31. The minimum absolute atomic E-state index is 0.0201. The van der Waals surface area contributed by atoms with E-state index in [9.17, 15) is 19.7 Å². The van der Waals surface area contributed by atoms with Crippen molar-refractivity contribution in [2.75, 3.05) is 23.9 Å². The number of nitro benzene ring substituents is 1. The lowest BCUT2D eigenvalue weighted by atomic mass is 10.1. The first-order valence-electron chi connectivity index (χ1n) is 8.08. The Morgan fingerprint density at radius 2 is 2.00 bits per heavy atom. The molecule has 0 spiro atoms. The summed E-state index contributed by atoms with van der Waals surface area (Å²) in [6, 6.07) is 10.8. The predicted molar refractivity (Wildman–Crippen MR) is 100 cm³/mol. The number of methoxy groups -OCH3 is 1. The quantitative estimate of drug-likeness (QED) is 0.624. The van der Waals surface area contributed by atoms with Gasteiger partial charge in [0, 0.05) is 35.8 Å². The average molecular weight is 390 g/mol. The molecule has 1 saturated heterocycles. The molecular formula is C18H16ClN3O5. The van der Waals surface area contributed by atoms with E-state index in [1.807, 2.05) is 0 Å². The molecule has 1 aliphatic heterocycles. The standard InChI is InChI=1S/C18H16ClN3O5/c1-27-14-6-7-16(22(25)26)15(9-14)20-18(24)11-8-17(23)21(10-11)13-4-2-12(19)3-5-13/h2-7,9,11H,8,10H2,1H3,(H,20,24)/t11-/m1/s1. The molecular weight excluding hydrogens is 374 g/mol. The molecule has 1 heterocycles. The Morgan fingerprint density at radius 1 is 1.30 bits per heavy atom. The summed E-state index contributed by atoms with van der Waals surface area (Å²) >= 11 is 5.86. The second-order valence-corrected chi connectivity index (χ2v) is 6.45. The zero-order chi connectivity index (χ0) is 19.6. The lowest BCUT2D eigenvalue weighted by Gasteiger charge is -2.17. The molecule has 0 aromatic heterocycles. The van der Waals surface area contributed by atoms with Crippen molar-refractivity contribution in [3.8, 4) is 5.75 Å². The third-order valence-corrected chi connectivity index (χ3v) is 4.54. The van der Waals surface area contributed by atoms with Crippen LogP contribution in [0.3, 0.4) is 0 Å². The van der Waals surface area contributed by atoms with E-state index in [0.29, 0.717) is 16.5 Å². The van der Waals surface area contributed by atoms with Gasteiger partial charge in [0.05, 0.1) is 18.0 Å². The smallest absolute Gasteiger partial charge is 0.293 e. The first kappa shape index (κ1) is 18.7. The van der Waals surface area contributed by atoms with Crippen molar-refractivity contribution in [3.05, 3.63) is 57.6 Å². The molecule has 0 radical (unpaired) electrons. The summed E-state index contributed by atoms with van der Waals surface area (Å²) in [5.74, 6) is -0.908. The van der Waals surface area contributed by atoms with Gasteiger partial charge in [0.1, 0.15) is 11.4 Å². The van der Waals surface area contributed by atoms with Crippen LogP contribution in [-0.4, -0.2) is 30.4 Å². The number of hydrogen-bond donors (Lipinski definition) is 1. The van der Waals surface area contributed by atoms with Crippen LogP contribution in [0.25, 0.3) is 0 Å². The Morgan fingerprint density at radius 3 is 2.63 bits per heavy atom. The summed E-state index contributed by atoms with van der Waals surface area (Å²) in [6.45, 7) is 0.185. The third kappa shape index (κ3) is 4.01. The van der Waals surface area contributed by atoms with Crippen LogP contribution >= 0.6 is 11.6 Å². The monoisotopic (exact) mass is 389 g/mol. The van der Waals surface area contributed by atoms with Crippen molar-refractivity contribution in [2.45, 2.75) is 6.42 Å². The van der Waals surface area contributed by atoms with Crippen LogP contribution < -0.4 is 15.0 Å². The molecule has 140 valence electrons. The van der Waals surface area contributed by atoms with Gasteiger partial charge in [-0.3, -0.25) is 19.7 Å². The largest absolute Gasteiger partial charge is 0.497 e. The minimum atomic E-state index is -0.626. The highest BCUT2D eigenvalue weighted by atomic mass is 35.5. The van der Waals surface area contributed by atoms with Crippen LogP contribution in [0.15, 0.2) is 42.5 Å². The maximum absolute atomic E-state index is 12.6. The summed E-state index contributed by atoms with van der Waals surface area (Å²) in [4.78, 5) is 37.0. The number of carbonyl (C=O) groups is 2. The SMILES string of the molecule is COc1ccc([N+](=O)[O-])c(NC(=O)[C@@H]2CC(=O)N(c3ccc(Cl)cc3)C2)c1. The van der Waals surface area contributed by atoms with E-state index >= 15 is 0 Å². The van der Waals surface area contributed by atoms with Gasteiger partial charge < -0.3 is 15.0 Å². The molecule has 3 rings (SSSR count). The van der Waals surface area contributed by atoms with Crippen molar-refractivity contribution >= 4 is 40.5 Å². The van der Waals surface area contributed by atoms with Gasteiger partial charge >= 0.3 is 0 Å². The number of rotatable bonds is 5. The van der Waals surface area contributed by atoms with E-state index in [1.54, 1.807) is 24.3 Å². The third-order valence-electron chi connectivity index (χ3n) is 4.29. The van der Waals surface area contributed by atoms with Gasteiger partial charge in [-0.15, -0.1) is 0 Å². The Labute approximate surface area is 159 Å². The second kappa shape index (κ2) is 7.63. The lowest BCUT2D eigenvalue weighted by Crippen LogP contribution is -2.28. The molecule has 8 nitrogen and oxygen atoms in total. The summed E-state index contributed by atoms with van der Waals surface area (Å²) in [7, 11) is 1.42. The van der Waals surface area contributed by atoms with Crippen molar-refractivity contribution in [1.29, 1.82) is 0 Å². The van der Waals surface area contributed by atoms with Crippen molar-refractivity contribution in [1.82, 2.24) is 0 Å². The molecule has 1 atom stereocenters. The number of hydrogen-bond acceptors (Lipinski definition) is 5. The van der Waals surface area contributed by atoms with Crippen LogP contribution in [0.2, 0.25) is 5.02 Å². The van der Waals surface area contributed by atoms with Gasteiger partial charge in [-0.1, -0.05) is 11.6 Å². The Kier molecular flexibility index (Phi) is 5.27. The highest BCUT2D eigenvalue weighted by molar-refractivity contribution is 6.30. The Hall–Kier alpha value is -3.13. The van der Waals surface area contributed by atoms with E-state index in [1.165, 1.54) is 30.2 Å². The maximum atomic E-state index is 12.6. The Balaban J connectivity index is 1.77. The molecule has 2 amide bonds. The highest BCUT2D eigenvalue weighted by Gasteiger charge is 2.35. The number of nitrogens with one attached hydrogen (secondary N) is 1. The molecule has 0 unspecified atom stereocenters. The first-order valence-corrected chi connectivity index (χ1v) is 8.46. The molecule has 2 aromatic carbocycles. The zero-order valence-corrected chi connectivity index (χ0v) is 15.1. The van der Waals surface area contributed by atoms with Gasteiger partial charge in [-0.25, -0.2) is 0 Å². The first-order chi connectivity index (χ1) is 12.9. The van der Waals surface area contributed by atoms with Gasteiger partial charge in [-0.2, -0.15) is 0 Å². The minimum Gasteiger partial charge on any atom is -0.497 e. The molecule has 0 saturated carbocycles. The normalized spacial score (nSPS) is 16.3. The van der Waals surface area contributed by atoms with E-state index < -0.39 is 16.7 Å². The predicted octanol–water partition coefficient (Wildman–Crippen LogP) is 3.25. The Bertz CT molecular complexity index is 900. The van der Waals surface area contributed by atoms with Crippen LogP contribution in [0.1, 0.15) is 6.42 Å². The fraction of sp³-hybridized carbons (Fsp3) is 0.222. The molecule has 1 N–H and O–H groups in total. The molecule has 27 heavy (non-hydrogen) atoms. The second-order valence-electron chi connectivity index (χ2n) is 6.01. The number of anilines is 2. The maximum Gasteiger partial charge on any atom is 0.293 e. The van der Waals surface area contributed by atoms with Gasteiger partial charge in [0.15, 0.2) is 0 Å². The summed E-state index contributed by atoms with van der Waals surface area (Å²) in [5.41, 5.74) is 0.428. The summed E-state index contributed by atoms with van der Waals surface area (Å²) < 4.78 is 5.05. The van der Waals surface area contributed by atoms with Gasteiger partial charge in [0.2, 0.25) is 11.8 Å². The fourth-order valence-electron chi connectivity index (χ4n) is 2.89. The summed E-state index contributed by atoms with van der Waals surface area (Å²) in [5, 5.41) is 14.3. The molecule has 9 heteroatoms. The topological polar surface area (TPSA) is 102 Å². The number of carbonyl (C=O) groups excluding carboxylic acids is 2. The fourth-order valence-corrected chi connectivity index (χ4v) is 3.02. The molecule has 1 aliphatic rings. The van der Waals surface area contributed by atoms with Crippen LogP contribution in [0.5, 0.6) is 5.75 Å². The van der Waals surface area contributed by atoms with E-state index in [2.05, 4.69) is 5.32 Å². The number of halogens is 1. The van der Waals surface area contributed by atoms with Crippen LogP contribution in [0, 0.1) is 16.0 Å². The average Bonchev–Trinajstić information content (AvgIpc) is 3.04. The van der Waals surface area contributed by atoms with Gasteiger partial charge in [-0.05, 0) is 30.3 Å². The van der Waals surface area contributed by atoms with Crippen molar-refractivity contribution in [2.24, 2.45) is 5.92 Å². The number of benzene rings is 2. The van der Waals surface area contributed by atoms with E-state index in [4.69, 9.17) is 16.3 Å². The van der Waals surface area contributed by atoms with Crippen LogP contribution in [0.4, 0.5) is 17.1 Å². The lowest BCUT2D eigenvalue weighted by molar-refractivity contribution is -0.383. The number of nitro groups is 1. The zero-order valence-electron chi connectivity index (χ0n) is 14.3. The van der Waals surface area contributed by atoms with Gasteiger partial charge in [0.25, 0.3) is 5.69 Å². The number of amides is 2. The molecule has 1 fully saturated rings. The molecule has 2 aromatic rings. The molecule has 0 aliphatic carbocycles. The van der Waals surface area contributed by atoms with E-state index in [0.717, 1.165) is 0 Å². The van der Waals surface area contributed by atoms with E-state index in [-0.39, 0.29) is 30.2 Å². The summed E-state index contributed by atoms with van der Waals surface area (Å²) in [6.07, 6.45) is 0.0201. The van der Waals surface area contributed by atoms with Crippen molar-refractivity contribution in [3.63, 3.8) is 0 Å². The molecule has 0 bridgehead atoms. The number of ether oxygens (including phenoxy) is 1. The van der Waals surface area contributed by atoms with Crippen molar-refractivity contribution < 1.29 is 19.2 Å². The van der Waals surface area contributed by atoms with Crippen LogP contribution in [-0.2, 0) is 9.59 Å². The number of nitrogens with zero attached hydrogens (tertiary/aromatic N) is 2.